The van der Waals surface area contributed by atoms with Crippen molar-refractivity contribution in [2.75, 3.05) is 5.32 Å². The van der Waals surface area contributed by atoms with Crippen LogP contribution in [-0.4, -0.2) is 20.8 Å². The van der Waals surface area contributed by atoms with E-state index < -0.39 is 4.92 Å². The fourth-order valence-electron chi connectivity index (χ4n) is 1.73. The summed E-state index contributed by atoms with van der Waals surface area (Å²) in [4.78, 5) is 10.5. The zero-order valence-corrected chi connectivity index (χ0v) is 11.5. The van der Waals surface area contributed by atoms with Crippen molar-refractivity contribution in [3.8, 4) is 5.75 Å². The van der Waals surface area contributed by atoms with Crippen LogP contribution in [0.5, 0.6) is 5.75 Å². The predicted octanol–water partition coefficient (Wildman–Crippen LogP) is 2.86. The summed E-state index contributed by atoms with van der Waals surface area (Å²) in [5, 5.41) is 18.1. The molecule has 1 heterocycles. The fraction of sp³-hybridized carbons (Fsp3) is 0.308. The van der Waals surface area contributed by atoms with Crippen LogP contribution in [-0.2, 0) is 7.05 Å². The molecular formula is C13H16N4O3. The van der Waals surface area contributed by atoms with Crippen LogP contribution in [0, 0.1) is 10.1 Å². The number of non-ortho nitro benzene ring substituents is 1. The minimum absolute atomic E-state index is 0.0263. The molecule has 0 bridgehead atoms. The summed E-state index contributed by atoms with van der Waals surface area (Å²) in [6.45, 7) is 3.73. The lowest BCUT2D eigenvalue weighted by Gasteiger charge is -2.11. The summed E-state index contributed by atoms with van der Waals surface area (Å²) in [5.74, 6) is 1.07. The van der Waals surface area contributed by atoms with E-state index in [9.17, 15) is 10.1 Å². The Balaban J connectivity index is 2.31. The Hall–Kier alpha value is -2.57. The number of nitrogens with one attached hydrogen (secondary N) is 1. The van der Waals surface area contributed by atoms with E-state index in [1.165, 1.54) is 12.1 Å². The number of aryl methyl sites for hydroxylation is 1. The second kappa shape index (κ2) is 5.60. The summed E-state index contributed by atoms with van der Waals surface area (Å²) in [7, 11) is 1.80. The van der Waals surface area contributed by atoms with Gasteiger partial charge >= 0.3 is 0 Å². The van der Waals surface area contributed by atoms with Crippen LogP contribution in [0.1, 0.15) is 13.8 Å². The van der Waals surface area contributed by atoms with Crippen molar-refractivity contribution in [1.29, 1.82) is 0 Å². The second-order valence-corrected chi connectivity index (χ2v) is 4.64. The highest BCUT2D eigenvalue weighted by Gasteiger charge is 2.12. The van der Waals surface area contributed by atoms with Gasteiger partial charge in [-0.1, -0.05) is 0 Å². The first kappa shape index (κ1) is 13.9. The fourth-order valence-corrected chi connectivity index (χ4v) is 1.73. The average molecular weight is 276 g/mol. The Labute approximate surface area is 116 Å². The zero-order valence-electron chi connectivity index (χ0n) is 11.5. The molecule has 1 aromatic carbocycles. The van der Waals surface area contributed by atoms with Crippen LogP contribution < -0.4 is 10.1 Å². The summed E-state index contributed by atoms with van der Waals surface area (Å²) >= 11 is 0. The highest BCUT2D eigenvalue weighted by atomic mass is 16.6. The number of benzene rings is 1. The molecule has 0 fully saturated rings. The van der Waals surface area contributed by atoms with Crippen LogP contribution in [0.4, 0.5) is 17.2 Å². The number of hydrogen-bond acceptors (Lipinski definition) is 5. The molecule has 2 aromatic rings. The highest BCUT2D eigenvalue weighted by molar-refractivity contribution is 5.62. The molecular weight excluding hydrogens is 260 g/mol. The largest absolute Gasteiger partial charge is 0.491 e. The number of nitro groups is 1. The minimum Gasteiger partial charge on any atom is -0.491 e. The lowest BCUT2D eigenvalue weighted by Crippen LogP contribution is -2.06. The molecule has 0 aliphatic rings. The lowest BCUT2D eigenvalue weighted by atomic mass is 10.2. The number of nitro benzene ring substituents is 1. The second-order valence-electron chi connectivity index (χ2n) is 4.64. The third kappa shape index (κ3) is 3.47. The first-order valence-corrected chi connectivity index (χ1v) is 6.17. The van der Waals surface area contributed by atoms with Crippen molar-refractivity contribution < 1.29 is 9.66 Å². The van der Waals surface area contributed by atoms with Gasteiger partial charge in [0.1, 0.15) is 5.75 Å². The quantitative estimate of drug-likeness (QED) is 0.670. The van der Waals surface area contributed by atoms with Crippen LogP contribution in [0.15, 0.2) is 30.5 Å². The van der Waals surface area contributed by atoms with Crippen molar-refractivity contribution in [3.05, 3.63) is 40.6 Å². The monoisotopic (exact) mass is 276 g/mol. The molecule has 0 aliphatic carbocycles. The molecule has 0 spiro atoms. The normalized spacial score (nSPS) is 10.6. The van der Waals surface area contributed by atoms with Gasteiger partial charge in [0.25, 0.3) is 5.69 Å². The lowest BCUT2D eigenvalue weighted by molar-refractivity contribution is -0.384. The van der Waals surface area contributed by atoms with E-state index in [0.717, 1.165) is 0 Å². The number of anilines is 2. The maximum absolute atomic E-state index is 11.0. The van der Waals surface area contributed by atoms with Gasteiger partial charge in [0.15, 0.2) is 5.82 Å². The topological polar surface area (TPSA) is 82.2 Å². The molecule has 106 valence electrons. The van der Waals surface area contributed by atoms with E-state index in [4.69, 9.17) is 4.74 Å². The molecule has 20 heavy (non-hydrogen) atoms. The Morgan fingerprint density at radius 2 is 2.15 bits per heavy atom. The molecule has 0 saturated heterocycles. The molecule has 0 unspecified atom stereocenters. The molecule has 7 heteroatoms. The molecule has 2 rings (SSSR count). The first-order chi connectivity index (χ1) is 9.44. The number of ether oxygens (including phenoxy) is 1. The van der Waals surface area contributed by atoms with E-state index in [1.807, 2.05) is 13.8 Å². The van der Waals surface area contributed by atoms with Gasteiger partial charge in [0.05, 0.1) is 22.8 Å². The molecule has 0 amide bonds. The first-order valence-electron chi connectivity index (χ1n) is 6.17. The van der Waals surface area contributed by atoms with Gasteiger partial charge in [-0.3, -0.25) is 14.8 Å². The van der Waals surface area contributed by atoms with E-state index in [-0.39, 0.29) is 11.8 Å². The van der Waals surface area contributed by atoms with Crippen molar-refractivity contribution in [3.63, 3.8) is 0 Å². The Morgan fingerprint density at radius 1 is 1.40 bits per heavy atom. The van der Waals surface area contributed by atoms with E-state index >= 15 is 0 Å². The van der Waals surface area contributed by atoms with Gasteiger partial charge in [-0.25, -0.2) is 0 Å². The van der Waals surface area contributed by atoms with Gasteiger partial charge in [0, 0.05) is 31.4 Å². The molecule has 0 atom stereocenters. The maximum Gasteiger partial charge on any atom is 0.275 e. The predicted molar refractivity (Wildman–Crippen MR) is 75.4 cm³/mol. The summed E-state index contributed by atoms with van der Waals surface area (Å²) in [6, 6.07) is 6.34. The number of hydrogen-bond donors (Lipinski definition) is 1. The van der Waals surface area contributed by atoms with E-state index in [0.29, 0.717) is 17.3 Å². The van der Waals surface area contributed by atoms with Crippen molar-refractivity contribution in [2.24, 2.45) is 7.05 Å². The van der Waals surface area contributed by atoms with Crippen LogP contribution in [0.25, 0.3) is 0 Å². The molecule has 1 aromatic heterocycles. The molecule has 7 nitrogen and oxygen atoms in total. The van der Waals surface area contributed by atoms with Crippen LogP contribution in [0.3, 0.4) is 0 Å². The van der Waals surface area contributed by atoms with Gasteiger partial charge in [-0.15, -0.1) is 0 Å². The van der Waals surface area contributed by atoms with Crippen molar-refractivity contribution >= 4 is 17.2 Å². The van der Waals surface area contributed by atoms with E-state index in [1.54, 1.807) is 30.1 Å². The SMILES string of the molecule is CC(C)Oc1cc(Nc2ccn(C)n2)cc([N+](=O)[O-])c1. The van der Waals surface area contributed by atoms with Crippen molar-refractivity contribution in [2.45, 2.75) is 20.0 Å². The standard InChI is InChI=1S/C13H16N4O3/c1-9(2)20-12-7-10(6-11(8-12)17(18)19)14-13-4-5-16(3)15-13/h4-9H,1-3H3,(H,14,15). The Morgan fingerprint density at radius 3 is 2.70 bits per heavy atom. The summed E-state index contributed by atoms with van der Waals surface area (Å²) in [6.07, 6.45) is 1.73. The van der Waals surface area contributed by atoms with E-state index in [2.05, 4.69) is 10.4 Å². The third-order valence-electron chi connectivity index (χ3n) is 2.46. The highest BCUT2D eigenvalue weighted by Crippen LogP contribution is 2.28. The Bertz CT molecular complexity index is 622. The van der Waals surface area contributed by atoms with Gasteiger partial charge in [-0.2, -0.15) is 5.10 Å². The number of nitrogens with zero attached hydrogens (tertiary/aromatic N) is 3. The molecule has 0 radical (unpaired) electrons. The minimum atomic E-state index is -0.448. The molecule has 1 N–H and O–H groups in total. The van der Waals surface area contributed by atoms with Crippen LogP contribution >= 0.6 is 0 Å². The number of aromatic nitrogens is 2. The number of rotatable bonds is 5. The maximum atomic E-state index is 11.0. The van der Waals surface area contributed by atoms with Gasteiger partial charge in [0.2, 0.25) is 0 Å². The summed E-state index contributed by atoms with van der Waals surface area (Å²) < 4.78 is 7.16. The smallest absolute Gasteiger partial charge is 0.275 e. The molecule has 0 aliphatic heterocycles. The average Bonchev–Trinajstić information content (AvgIpc) is 2.73. The summed E-state index contributed by atoms with van der Waals surface area (Å²) in [5.41, 5.74) is 0.537. The zero-order chi connectivity index (χ0) is 14.7. The van der Waals surface area contributed by atoms with Gasteiger partial charge < -0.3 is 10.1 Å². The van der Waals surface area contributed by atoms with Crippen molar-refractivity contribution in [1.82, 2.24) is 9.78 Å². The third-order valence-corrected chi connectivity index (χ3v) is 2.46. The van der Waals surface area contributed by atoms with Crippen LogP contribution in [0.2, 0.25) is 0 Å². The molecule has 0 saturated carbocycles. The Kier molecular flexibility index (Phi) is 3.88. The van der Waals surface area contributed by atoms with Gasteiger partial charge in [-0.05, 0) is 13.8 Å².